The maximum Gasteiger partial charge on any atom is 0.359 e. The zero-order valence-electron chi connectivity index (χ0n) is 11.9. The molecule has 108 valence electrons. The van der Waals surface area contributed by atoms with Crippen molar-refractivity contribution in [3.05, 3.63) is 35.9 Å². The van der Waals surface area contributed by atoms with E-state index < -0.39 is 13.4 Å². The predicted molar refractivity (Wildman–Crippen MR) is 76.2 cm³/mol. The Kier molecular flexibility index (Phi) is 6.21. The van der Waals surface area contributed by atoms with Crippen molar-refractivity contribution < 1.29 is 18.7 Å². The van der Waals surface area contributed by atoms with Crippen molar-refractivity contribution in [3.8, 4) is 0 Å². The van der Waals surface area contributed by atoms with Crippen LogP contribution in [0.4, 0.5) is 0 Å². The van der Waals surface area contributed by atoms with E-state index >= 15 is 0 Å². The zero-order valence-corrected chi connectivity index (χ0v) is 12.8. The Morgan fingerprint density at radius 1 is 1.05 bits per heavy atom. The van der Waals surface area contributed by atoms with Crippen molar-refractivity contribution in [2.45, 2.75) is 52.2 Å². The van der Waals surface area contributed by atoms with E-state index in [-0.39, 0.29) is 18.6 Å². The zero-order chi connectivity index (χ0) is 14.5. The van der Waals surface area contributed by atoms with Crippen molar-refractivity contribution in [1.82, 2.24) is 0 Å². The number of benzene rings is 1. The first-order valence-corrected chi connectivity index (χ1v) is 8.13. The highest BCUT2D eigenvalue weighted by atomic mass is 31.2. The fourth-order valence-electron chi connectivity index (χ4n) is 1.69. The van der Waals surface area contributed by atoms with E-state index in [4.69, 9.17) is 9.05 Å². The molecular formula is C14H23O4P. The highest BCUT2D eigenvalue weighted by Crippen LogP contribution is 2.54. The smallest absolute Gasteiger partial charge is 0.359 e. The van der Waals surface area contributed by atoms with E-state index in [1.54, 1.807) is 27.7 Å². The number of rotatable bonds is 7. The molecular weight excluding hydrogens is 263 g/mol. The Morgan fingerprint density at radius 3 is 1.95 bits per heavy atom. The lowest BCUT2D eigenvalue weighted by atomic mass is 10.2. The third kappa shape index (κ3) is 5.45. The molecule has 1 rings (SSSR count). The first-order valence-electron chi connectivity index (χ1n) is 6.52. The summed E-state index contributed by atoms with van der Waals surface area (Å²) in [5.41, 5.74) is 0.898. The van der Waals surface area contributed by atoms with Crippen molar-refractivity contribution in [1.29, 1.82) is 0 Å². The Labute approximate surface area is 115 Å². The van der Waals surface area contributed by atoms with Crippen LogP contribution in [0.1, 0.15) is 33.3 Å². The van der Waals surface area contributed by atoms with Gasteiger partial charge in [0.15, 0.2) is 5.85 Å². The molecule has 1 N–H and O–H groups in total. The molecule has 0 amide bonds. The van der Waals surface area contributed by atoms with Crippen molar-refractivity contribution in [2.24, 2.45) is 0 Å². The van der Waals surface area contributed by atoms with Crippen LogP contribution < -0.4 is 0 Å². The van der Waals surface area contributed by atoms with Gasteiger partial charge in [0.25, 0.3) is 0 Å². The van der Waals surface area contributed by atoms with E-state index in [2.05, 4.69) is 0 Å². The van der Waals surface area contributed by atoms with Gasteiger partial charge >= 0.3 is 7.60 Å². The van der Waals surface area contributed by atoms with Gasteiger partial charge in [-0.25, -0.2) is 0 Å². The maximum absolute atomic E-state index is 12.6. The topological polar surface area (TPSA) is 55.8 Å². The molecule has 0 saturated heterocycles. The fourth-order valence-corrected chi connectivity index (χ4v) is 3.63. The Hall–Kier alpha value is -0.670. The minimum Gasteiger partial charge on any atom is -0.380 e. The Balaban J connectivity index is 2.82. The molecule has 0 bridgehead atoms. The van der Waals surface area contributed by atoms with E-state index in [1.807, 2.05) is 30.3 Å². The van der Waals surface area contributed by atoms with Gasteiger partial charge in [0, 0.05) is 6.42 Å². The molecule has 0 heterocycles. The maximum atomic E-state index is 12.6. The second kappa shape index (κ2) is 7.20. The van der Waals surface area contributed by atoms with Gasteiger partial charge in [0.05, 0.1) is 12.2 Å². The summed E-state index contributed by atoms with van der Waals surface area (Å²) < 4.78 is 23.4. The van der Waals surface area contributed by atoms with Gasteiger partial charge in [-0.2, -0.15) is 0 Å². The van der Waals surface area contributed by atoms with Crippen LogP contribution in [0.3, 0.4) is 0 Å². The second-order valence-electron chi connectivity index (χ2n) is 5.02. The lowest BCUT2D eigenvalue weighted by molar-refractivity contribution is 0.101. The number of aliphatic hydroxyl groups is 1. The average molecular weight is 286 g/mol. The predicted octanol–water partition coefficient (Wildman–Crippen LogP) is 3.59. The van der Waals surface area contributed by atoms with Crippen LogP contribution in [0.5, 0.6) is 0 Å². The normalized spacial score (nSPS) is 14.1. The number of aliphatic hydroxyl groups excluding tert-OH is 1. The molecule has 0 unspecified atom stereocenters. The van der Waals surface area contributed by atoms with Crippen LogP contribution in [0.15, 0.2) is 30.3 Å². The minimum absolute atomic E-state index is 0.248. The van der Waals surface area contributed by atoms with Gasteiger partial charge < -0.3 is 14.2 Å². The van der Waals surface area contributed by atoms with Crippen LogP contribution in [0.25, 0.3) is 0 Å². The summed E-state index contributed by atoms with van der Waals surface area (Å²) in [7, 11) is -3.53. The van der Waals surface area contributed by atoms with E-state index in [1.165, 1.54) is 0 Å². The van der Waals surface area contributed by atoms with Crippen molar-refractivity contribution in [2.75, 3.05) is 0 Å². The monoisotopic (exact) mass is 286 g/mol. The standard InChI is InChI=1S/C14H23O4P/c1-11(2)17-19(16,18-12(3)4)14(15)10-13-8-6-5-7-9-13/h5-9,11-12,14-15H,10H2,1-4H3/t14-/m1/s1. The van der Waals surface area contributed by atoms with E-state index in [0.29, 0.717) is 0 Å². The Bertz CT molecular complexity index is 403. The van der Waals surface area contributed by atoms with E-state index in [9.17, 15) is 9.67 Å². The highest BCUT2D eigenvalue weighted by Gasteiger charge is 2.36. The average Bonchev–Trinajstić information content (AvgIpc) is 2.27. The van der Waals surface area contributed by atoms with Crippen molar-refractivity contribution in [3.63, 3.8) is 0 Å². The van der Waals surface area contributed by atoms with Crippen LogP contribution in [-0.2, 0) is 20.0 Å². The molecule has 0 aromatic heterocycles. The third-order valence-corrected chi connectivity index (χ3v) is 4.69. The molecule has 1 aromatic rings. The largest absolute Gasteiger partial charge is 0.380 e. The summed E-state index contributed by atoms with van der Waals surface area (Å²) in [5, 5.41) is 10.2. The third-order valence-electron chi connectivity index (χ3n) is 2.34. The van der Waals surface area contributed by atoms with E-state index in [0.717, 1.165) is 5.56 Å². The van der Waals surface area contributed by atoms with Gasteiger partial charge in [-0.3, -0.25) is 4.57 Å². The highest BCUT2D eigenvalue weighted by molar-refractivity contribution is 7.54. The SMILES string of the molecule is CC(C)OP(=O)(OC(C)C)[C@@H](O)Cc1ccccc1. The molecule has 4 nitrogen and oxygen atoms in total. The van der Waals surface area contributed by atoms with Gasteiger partial charge in [-0.05, 0) is 33.3 Å². The van der Waals surface area contributed by atoms with Gasteiger partial charge in [-0.1, -0.05) is 30.3 Å². The summed E-state index contributed by atoms with van der Waals surface area (Å²) in [6.07, 6.45) is -0.289. The first-order chi connectivity index (χ1) is 8.83. The van der Waals surface area contributed by atoms with Crippen LogP contribution in [0, 0.1) is 0 Å². The molecule has 0 saturated carbocycles. The summed E-state index contributed by atoms with van der Waals surface area (Å²) in [4.78, 5) is 0. The van der Waals surface area contributed by atoms with Crippen LogP contribution in [0.2, 0.25) is 0 Å². The summed E-state index contributed by atoms with van der Waals surface area (Å²) in [5.74, 6) is -1.15. The lowest BCUT2D eigenvalue weighted by Gasteiger charge is -2.26. The quantitative estimate of drug-likeness (QED) is 0.778. The first kappa shape index (κ1) is 16.4. The second-order valence-corrected chi connectivity index (χ2v) is 7.12. The molecule has 0 aliphatic rings. The number of hydrogen-bond acceptors (Lipinski definition) is 4. The summed E-state index contributed by atoms with van der Waals surface area (Å²) >= 11 is 0. The summed E-state index contributed by atoms with van der Waals surface area (Å²) in [6.45, 7) is 7.08. The Morgan fingerprint density at radius 2 is 1.53 bits per heavy atom. The fraction of sp³-hybridized carbons (Fsp3) is 0.571. The molecule has 19 heavy (non-hydrogen) atoms. The lowest BCUT2D eigenvalue weighted by Crippen LogP contribution is -2.20. The molecule has 0 fully saturated rings. The van der Waals surface area contributed by atoms with Gasteiger partial charge in [0.2, 0.25) is 0 Å². The van der Waals surface area contributed by atoms with Crippen LogP contribution in [-0.4, -0.2) is 23.2 Å². The van der Waals surface area contributed by atoms with Crippen LogP contribution >= 0.6 is 7.60 Å². The molecule has 0 radical (unpaired) electrons. The number of hydrogen-bond donors (Lipinski definition) is 1. The molecule has 5 heteroatoms. The molecule has 0 aliphatic carbocycles. The molecule has 1 atom stereocenters. The summed E-state index contributed by atoms with van der Waals surface area (Å²) in [6, 6.07) is 9.39. The molecule has 0 spiro atoms. The molecule has 1 aromatic carbocycles. The molecule has 0 aliphatic heterocycles. The van der Waals surface area contributed by atoms with Crippen molar-refractivity contribution >= 4 is 7.60 Å². The van der Waals surface area contributed by atoms with Gasteiger partial charge in [0.1, 0.15) is 0 Å². The van der Waals surface area contributed by atoms with Gasteiger partial charge in [-0.15, -0.1) is 0 Å². The minimum atomic E-state index is -3.53.